The first-order chi connectivity index (χ1) is 18.7. The minimum atomic E-state index is -2.88. The summed E-state index contributed by atoms with van der Waals surface area (Å²) in [5.41, 5.74) is 12.2. The van der Waals surface area contributed by atoms with Gasteiger partial charge < -0.3 is 14.7 Å². The van der Waals surface area contributed by atoms with E-state index in [1.165, 1.54) is 66.0 Å². The summed E-state index contributed by atoms with van der Waals surface area (Å²) in [5.74, 6) is 0.357. The average Bonchev–Trinajstić information content (AvgIpc) is 3.08. The van der Waals surface area contributed by atoms with E-state index in [2.05, 4.69) is 160 Å². The van der Waals surface area contributed by atoms with Crippen LogP contribution in [0.3, 0.4) is 0 Å². The van der Waals surface area contributed by atoms with Crippen LogP contribution in [0.4, 0.5) is 17.1 Å². The van der Waals surface area contributed by atoms with E-state index in [4.69, 9.17) is 0 Å². The molecule has 3 aromatic rings. The van der Waals surface area contributed by atoms with Gasteiger partial charge in [0.15, 0.2) is 8.07 Å². The Bertz CT molecular complexity index is 1370. The van der Waals surface area contributed by atoms with Gasteiger partial charge in [0, 0.05) is 59.3 Å². The number of rotatable bonds is 7. The fourth-order valence-electron chi connectivity index (χ4n) is 6.83. The molecule has 0 radical (unpaired) electrons. The van der Waals surface area contributed by atoms with E-state index in [0.29, 0.717) is 5.92 Å². The molecule has 40 heavy (non-hydrogen) atoms. The average molecular weight is 552 g/mol. The summed E-state index contributed by atoms with van der Waals surface area (Å²) in [6.07, 6.45) is 0. The predicted molar refractivity (Wildman–Crippen MR) is 181 cm³/mol. The summed E-state index contributed by atoms with van der Waals surface area (Å²) in [7, 11) is 10.3. The van der Waals surface area contributed by atoms with E-state index in [0.717, 1.165) is 0 Å². The maximum atomic E-state index is 2.46. The van der Waals surface area contributed by atoms with Crippen molar-refractivity contribution in [1.29, 1.82) is 0 Å². The summed E-state index contributed by atoms with van der Waals surface area (Å²) in [6, 6.07) is 21.6. The largest absolute Gasteiger partial charge is 0.378 e. The van der Waals surface area contributed by atoms with Gasteiger partial charge in [-0.1, -0.05) is 59.7 Å². The predicted octanol–water partition coefficient (Wildman–Crippen LogP) is 6.12. The molecule has 4 heteroatoms. The highest BCUT2D eigenvalue weighted by Crippen LogP contribution is 2.43. The molecule has 0 amide bonds. The van der Waals surface area contributed by atoms with Crippen molar-refractivity contribution >= 4 is 40.7 Å². The highest BCUT2D eigenvalue weighted by atomic mass is 28.3. The molecule has 0 bridgehead atoms. The van der Waals surface area contributed by atoms with Crippen LogP contribution < -0.4 is 30.3 Å². The smallest absolute Gasteiger partial charge is 0.183 e. The molecule has 0 saturated heterocycles. The van der Waals surface area contributed by atoms with Crippen LogP contribution in [0.15, 0.2) is 76.5 Å². The van der Waals surface area contributed by atoms with Crippen LogP contribution in [0.25, 0.3) is 0 Å². The van der Waals surface area contributed by atoms with Gasteiger partial charge in [0.05, 0.1) is 0 Å². The SMILES string of the molecule is CC1=C(C)C(C)C([Si](c2ccc(C)cc2N(C)C)(c2ccc(C)cc2N(C)C)c2ccc(C)cc2N(C)C)=C1C. The Morgan fingerprint density at radius 3 is 1.07 bits per heavy atom. The molecule has 1 aliphatic carbocycles. The molecule has 3 nitrogen and oxygen atoms in total. The lowest BCUT2D eigenvalue weighted by Crippen LogP contribution is -2.71. The van der Waals surface area contributed by atoms with Crippen molar-refractivity contribution in [2.75, 3.05) is 57.0 Å². The molecule has 0 N–H and O–H groups in total. The zero-order chi connectivity index (χ0) is 29.7. The van der Waals surface area contributed by atoms with Gasteiger partial charge in [-0.25, -0.2) is 0 Å². The van der Waals surface area contributed by atoms with E-state index in [9.17, 15) is 0 Å². The van der Waals surface area contributed by atoms with Gasteiger partial charge in [0.25, 0.3) is 0 Å². The van der Waals surface area contributed by atoms with Crippen molar-refractivity contribution in [2.45, 2.75) is 48.5 Å². The Morgan fingerprint density at radius 1 is 0.500 bits per heavy atom. The molecule has 0 aliphatic heterocycles. The summed E-state index contributed by atoms with van der Waals surface area (Å²) in [6.45, 7) is 16.2. The molecule has 1 unspecified atom stereocenters. The first-order valence-corrected chi connectivity index (χ1v) is 16.5. The van der Waals surface area contributed by atoms with Crippen LogP contribution in [0.2, 0.25) is 0 Å². The number of hydrogen-bond donors (Lipinski definition) is 0. The van der Waals surface area contributed by atoms with Crippen molar-refractivity contribution < 1.29 is 0 Å². The van der Waals surface area contributed by atoms with E-state index in [-0.39, 0.29) is 0 Å². The number of allylic oxidation sites excluding steroid dienone is 4. The van der Waals surface area contributed by atoms with Crippen molar-refractivity contribution in [1.82, 2.24) is 0 Å². The van der Waals surface area contributed by atoms with Crippen LogP contribution in [0.5, 0.6) is 0 Å². The minimum absolute atomic E-state index is 0.357. The lowest BCUT2D eigenvalue weighted by Gasteiger charge is -2.43. The van der Waals surface area contributed by atoms with Gasteiger partial charge in [0.1, 0.15) is 0 Å². The molecular weight excluding hydrogens is 503 g/mol. The van der Waals surface area contributed by atoms with Crippen LogP contribution >= 0.6 is 0 Å². The van der Waals surface area contributed by atoms with Gasteiger partial charge >= 0.3 is 0 Å². The maximum Gasteiger partial charge on any atom is 0.183 e. The van der Waals surface area contributed by atoms with E-state index in [1.54, 1.807) is 5.20 Å². The zero-order valence-electron chi connectivity index (χ0n) is 27.1. The standard InChI is InChI=1S/C36H49N3Si/c1-23-14-17-33(30(20-23)37(8)9)40(36-28(6)26(4)27(5)29(36)7,34-18-15-24(2)21-31(34)38(10)11)35-19-16-25(3)22-32(35)39(12)13/h14-22,28H,1-13H3. The van der Waals surface area contributed by atoms with Crippen LogP contribution in [0, 0.1) is 26.7 Å². The molecule has 0 spiro atoms. The Hall–Kier alpha value is -3.24. The second kappa shape index (κ2) is 11.0. The van der Waals surface area contributed by atoms with Crippen LogP contribution in [-0.2, 0) is 0 Å². The summed E-state index contributed by atoms with van der Waals surface area (Å²) >= 11 is 0. The third-order valence-corrected chi connectivity index (χ3v) is 14.5. The fraction of sp³-hybridized carbons (Fsp3) is 0.389. The van der Waals surface area contributed by atoms with Crippen LogP contribution in [-0.4, -0.2) is 50.4 Å². The molecular formula is C36H49N3Si. The Balaban J connectivity index is 2.40. The molecule has 3 aromatic carbocycles. The van der Waals surface area contributed by atoms with Crippen molar-refractivity contribution in [3.63, 3.8) is 0 Å². The Morgan fingerprint density at radius 2 is 0.825 bits per heavy atom. The second-order valence-electron chi connectivity index (χ2n) is 12.6. The first kappa shape index (κ1) is 29.7. The number of nitrogens with zero attached hydrogens (tertiary/aromatic N) is 3. The molecule has 0 fully saturated rings. The monoisotopic (exact) mass is 551 g/mol. The summed E-state index contributed by atoms with van der Waals surface area (Å²) < 4.78 is 0. The van der Waals surface area contributed by atoms with Gasteiger partial charge in [-0.05, 0) is 103 Å². The molecule has 4 rings (SSSR count). The van der Waals surface area contributed by atoms with Gasteiger partial charge in [-0.15, -0.1) is 0 Å². The van der Waals surface area contributed by atoms with E-state index in [1.807, 2.05) is 0 Å². The topological polar surface area (TPSA) is 9.72 Å². The van der Waals surface area contributed by atoms with Crippen molar-refractivity contribution in [2.24, 2.45) is 5.92 Å². The third-order valence-electron chi connectivity index (χ3n) is 9.16. The number of aryl methyl sites for hydroxylation is 3. The van der Waals surface area contributed by atoms with Gasteiger partial charge in [-0.2, -0.15) is 0 Å². The maximum absolute atomic E-state index is 2.88. The molecule has 0 heterocycles. The van der Waals surface area contributed by atoms with Crippen LogP contribution in [0.1, 0.15) is 44.4 Å². The third kappa shape index (κ3) is 4.70. The Labute approximate surface area is 244 Å². The number of anilines is 3. The van der Waals surface area contributed by atoms with Crippen molar-refractivity contribution in [3.05, 3.63) is 93.2 Å². The number of hydrogen-bond acceptors (Lipinski definition) is 3. The fourth-order valence-corrected chi connectivity index (χ4v) is 13.2. The number of benzene rings is 3. The molecule has 1 aliphatic rings. The van der Waals surface area contributed by atoms with Crippen molar-refractivity contribution in [3.8, 4) is 0 Å². The molecule has 0 aromatic heterocycles. The lowest BCUT2D eigenvalue weighted by molar-refractivity contribution is 0.851. The quantitative estimate of drug-likeness (QED) is 0.259. The molecule has 212 valence electrons. The molecule has 0 saturated carbocycles. The first-order valence-electron chi connectivity index (χ1n) is 14.5. The highest BCUT2D eigenvalue weighted by Gasteiger charge is 2.51. The summed E-state index contributed by atoms with van der Waals surface area (Å²) in [4.78, 5) is 7.00. The highest BCUT2D eigenvalue weighted by molar-refractivity contribution is 7.18. The van der Waals surface area contributed by atoms with Gasteiger partial charge in [-0.3, -0.25) is 0 Å². The summed E-state index contributed by atoms with van der Waals surface area (Å²) in [5, 5.41) is 6.01. The Kier molecular flexibility index (Phi) is 8.15. The lowest BCUT2D eigenvalue weighted by atomic mass is 10.1. The van der Waals surface area contributed by atoms with Gasteiger partial charge in [0.2, 0.25) is 0 Å². The molecule has 1 atom stereocenters. The minimum Gasteiger partial charge on any atom is -0.378 e. The zero-order valence-corrected chi connectivity index (χ0v) is 28.1. The van der Waals surface area contributed by atoms with E-state index < -0.39 is 8.07 Å². The van der Waals surface area contributed by atoms with E-state index >= 15 is 0 Å². The normalized spacial score (nSPS) is 15.7. The second-order valence-corrected chi connectivity index (χ2v) is 16.2.